The first-order chi connectivity index (χ1) is 8.10. The van der Waals surface area contributed by atoms with Gasteiger partial charge >= 0.3 is 0 Å². The normalized spacial score (nSPS) is 10.3. The van der Waals surface area contributed by atoms with Crippen LogP contribution in [0.2, 0.25) is 0 Å². The Kier molecular flexibility index (Phi) is 3.10. The zero-order valence-corrected chi connectivity index (χ0v) is 10.4. The van der Waals surface area contributed by atoms with Crippen LogP contribution in [0.3, 0.4) is 0 Å². The van der Waals surface area contributed by atoms with Gasteiger partial charge in [0.25, 0.3) is 11.8 Å². The molecule has 0 atom stereocenters. The summed E-state index contributed by atoms with van der Waals surface area (Å²) in [4.78, 5) is 17.0. The van der Waals surface area contributed by atoms with Crippen LogP contribution in [0.4, 0.5) is 5.13 Å². The molecule has 0 bridgehead atoms. The summed E-state index contributed by atoms with van der Waals surface area (Å²) in [5.41, 5.74) is 0.903. The SMILES string of the molecule is COc1cc(C(=O)Nc2nc(C)c(C)s2)on1. The minimum absolute atomic E-state index is 0.0901. The monoisotopic (exact) mass is 253 g/mol. The van der Waals surface area contributed by atoms with Crippen molar-refractivity contribution in [2.45, 2.75) is 13.8 Å². The van der Waals surface area contributed by atoms with E-state index in [0.29, 0.717) is 5.13 Å². The first kappa shape index (κ1) is 11.6. The maximum atomic E-state index is 11.7. The summed E-state index contributed by atoms with van der Waals surface area (Å²) in [6, 6.07) is 1.42. The molecule has 1 N–H and O–H groups in total. The lowest BCUT2D eigenvalue weighted by molar-refractivity contribution is 0.0987. The minimum atomic E-state index is -0.394. The van der Waals surface area contributed by atoms with Crippen LogP contribution in [0, 0.1) is 13.8 Å². The largest absolute Gasteiger partial charge is 0.479 e. The number of hydrogen-bond donors (Lipinski definition) is 1. The van der Waals surface area contributed by atoms with E-state index in [4.69, 9.17) is 9.26 Å². The number of thiazole rings is 1. The van der Waals surface area contributed by atoms with Gasteiger partial charge in [0.15, 0.2) is 5.13 Å². The predicted molar refractivity (Wildman–Crippen MR) is 62.6 cm³/mol. The maximum Gasteiger partial charge on any atom is 0.296 e. The van der Waals surface area contributed by atoms with Crippen LogP contribution >= 0.6 is 11.3 Å². The first-order valence-corrected chi connectivity index (χ1v) is 5.68. The van der Waals surface area contributed by atoms with Gasteiger partial charge in [0.05, 0.1) is 18.9 Å². The van der Waals surface area contributed by atoms with Gasteiger partial charge in [0.2, 0.25) is 5.76 Å². The van der Waals surface area contributed by atoms with Crippen LogP contribution in [0.15, 0.2) is 10.6 Å². The summed E-state index contributed by atoms with van der Waals surface area (Å²) in [6.45, 7) is 3.83. The second-order valence-electron chi connectivity index (χ2n) is 3.35. The molecule has 2 aromatic heterocycles. The third-order valence-electron chi connectivity index (χ3n) is 2.17. The van der Waals surface area contributed by atoms with Crippen molar-refractivity contribution in [2.24, 2.45) is 0 Å². The van der Waals surface area contributed by atoms with Gasteiger partial charge in [-0.05, 0) is 19.0 Å². The van der Waals surface area contributed by atoms with Crippen molar-refractivity contribution >= 4 is 22.4 Å². The average molecular weight is 253 g/mol. The fourth-order valence-corrected chi connectivity index (χ4v) is 1.96. The molecule has 1 amide bonds. The Bertz CT molecular complexity index is 527. The van der Waals surface area contributed by atoms with Crippen LogP contribution in [-0.2, 0) is 0 Å². The Morgan fingerprint density at radius 3 is 2.82 bits per heavy atom. The number of nitrogens with zero attached hydrogens (tertiary/aromatic N) is 2. The van der Waals surface area contributed by atoms with Gasteiger partial charge in [-0.15, -0.1) is 11.3 Å². The van der Waals surface area contributed by atoms with Crippen molar-refractivity contribution in [3.63, 3.8) is 0 Å². The van der Waals surface area contributed by atoms with Gasteiger partial charge in [-0.3, -0.25) is 10.1 Å². The van der Waals surface area contributed by atoms with Gasteiger partial charge in [0.1, 0.15) is 0 Å². The standard InChI is InChI=1S/C10H11N3O3S/c1-5-6(2)17-10(11-5)12-9(14)7-4-8(15-3)13-16-7/h4H,1-3H3,(H,11,12,14). The summed E-state index contributed by atoms with van der Waals surface area (Å²) in [5.74, 6) is -0.0384. The average Bonchev–Trinajstić information content (AvgIpc) is 2.87. The molecule has 0 saturated heterocycles. The van der Waals surface area contributed by atoms with Crippen LogP contribution in [0.5, 0.6) is 5.88 Å². The quantitative estimate of drug-likeness (QED) is 0.905. The molecule has 17 heavy (non-hydrogen) atoms. The third-order valence-corrected chi connectivity index (χ3v) is 3.16. The molecule has 6 nitrogen and oxygen atoms in total. The number of amides is 1. The molecule has 0 fully saturated rings. The molecule has 2 aromatic rings. The highest BCUT2D eigenvalue weighted by molar-refractivity contribution is 7.15. The van der Waals surface area contributed by atoms with Gasteiger partial charge in [-0.1, -0.05) is 0 Å². The number of carbonyl (C=O) groups is 1. The highest BCUT2D eigenvalue weighted by Crippen LogP contribution is 2.22. The van der Waals surface area contributed by atoms with Crippen LogP contribution in [-0.4, -0.2) is 23.2 Å². The molecule has 0 unspecified atom stereocenters. The van der Waals surface area contributed by atoms with Crippen LogP contribution in [0.25, 0.3) is 0 Å². The second-order valence-corrected chi connectivity index (χ2v) is 4.55. The lowest BCUT2D eigenvalue weighted by Gasteiger charge is -1.95. The fraction of sp³-hybridized carbons (Fsp3) is 0.300. The van der Waals surface area contributed by atoms with Crippen LogP contribution in [0.1, 0.15) is 21.1 Å². The zero-order valence-electron chi connectivity index (χ0n) is 9.60. The van der Waals surface area contributed by atoms with E-state index in [0.717, 1.165) is 10.6 Å². The summed E-state index contributed by atoms with van der Waals surface area (Å²) < 4.78 is 9.64. The number of aryl methyl sites for hydroxylation is 2. The van der Waals surface area contributed by atoms with E-state index in [9.17, 15) is 4.79 Å². The number of carbonyl (C=O) groups excluding carboxylic acids is 1. The second kappa shape index (κ2) is 4.54. The Morgan fingerprint density at radius 1 is 1.53 bits per heavy atom. The van der Waals surface area contributed by atoms with E-state index in [2.05, 4.69) is 15.5 Å². The molecule has 7 heteroatoms. The van der Waals surface area contributed by atoms with Crippen molar-refractivity contribution in [3.8, 4) is 5.88 Å². The lowest BCUT2D eigenvalue weighted by atomic mass is 10.4. The highest BCUT2D eigenvalue weighted by atomic mass is 32.1. The van der Waals surface area contributed by atoms with Crippen molar-refractivity contribution in [2.75, 3.05) is 12.4 Å². The van der Waals surface area contributed by atoms with E-state index in [1.165, 1.54) is 24.5 Å². The van der Waals surface area contributed by atoms with E-state index >= 15 is 0 Å². The van der Waals surface area contributed by atoms with Crippen LogP contribution < -0.4 is 10.1 Å². The minimum Gasteiger partial charge on any atom is -0.479 e. The number of methoxy groups -OCH3 is 1. The van der Waals surface area contributed by atoms with Crippen molar-refractivity contribution < 1.29 is 14.1 Å². The van der Waals surface area contributed by atoms with Gasteiger partial charge in [-0.2, -0.15) is 0 Å². The van der Waals surface area contributed by atoms with Crippen molar-refractivity contribution in [3.05, 3.63) is 22.4 Å². The molecule has 0 saturated carbocycles. The van der Waals surface area contributed by atoms with Crippen molar-refractivity contribution in [1.29, 1.82) is 0 Å². The Labute approximate surface area is 102 Å². The Balaban J connectivity index is 2.11. The summed E-state index contributed by atoms with van der Waals surface area (Å²) in [6.07, 6.45) is 0. The zero-order chi connectivity index (χ0) is 12.4. The van der Waals surface area contributed by atoms with Gasteiger partial charge < -0.3 is 9.26 Å². The molecule has 0 radical (unpaired) electrons. The molecule has 2 rings (SSSR count). The van der Waals surface area contributed by atoms with Gasteiger partial charge in [0, 0.05) is 4.88 Å². The molecule has 0 aliphatic heterocycles. The molecule has 0 spiro atoms. The predicted octanol–water partition coefficient (Wildman–Crippen LogP) is 2.01. The number of nitrogens with one attached hydrogen (secondary N) is 1. The van der Waals surface area contributed by atoms with Crippen molar-refractivity contribution in [1.82, 2.24) is 10.1 Å². The molecule has 90 valence electrons. The third kappa shape index (κ3) is 2.44. The topological polar surface area (TPSA) is 77.2 Å². The first-order valence-electron chi connectivity index (χ1n) is 4.86. The van der Waals surface area contributed by atoms with E-state index < -0.39 is 5.91 Å². The Morgan fingerprint density at radius 2 is 2.29 bits per heavy atom. The summed E-state index contributed by atoms with van der Waals surface area (Å²) in [5, 5.41) is 6.72. The number of anilines is 1. The number of aromatic nitrogens is 2. The summed E-state index contributed by atoms with van der Waals surface area (Å²) in [7, 11) is 1.45. The molecule has 2 heterocycles. The van der Waals surface area contributed by atoms with E-state index in [1.807, 2.05) is 13.8 Å². The molecule has 0 aromatic carbocycles. The molecular formula is C10H11N3O3S. The van der Waals surface area contributed by atoms with E-state index in [-0.39, 0.29) is 11.6 Å². The van der Waals surface area contributed by atoms with Gasteiger partial charge in [-0.25, -0.2) is 4.98 Å². The Hall–Kier alpha value is -1.89. The number of rotatable bonds is 3. The molecular weight excluding hydrogens is 242 g/mol. The van der Waals surface area contributed by atoms with E-state index in [1.54, 1.807) is 0 Å². The highest BCUT2D eigenvalue weighted by Gasteiger charge is 2.15. The molecule has 0 aliphatic carbocycles. The summed E-state index contributed by atoms with van der Waals surface area (Å²) >= 11 is 1.41. The smallest absolute Gasteiger partial charge is 0.296 e. The number of ether oxygens (including phenoxy) is 1. The maximum absolute atomic E-state index is 11.7. The molecule has 0 aliphatic rings. The number of hydrogen-bond acceptors (Lipinski definition) is 6. The fourth-order valence-electron chi connectivity index (χ4n) is 1.15. The lowest BCUT2D eigenvalue weighted by Crippen LogP contribution is -2.10.